The van der Waals surface area contributed by atoms with E-state index in [0.717, 1.165) is 5.56 Å². The Balaban J connectivity index is 3.07. The molecule has 0 unspecified atom stereocenters. The third-order valence-electron chi connectivity index (χ3n) is 2.12. The zero-order valence-corrected chi connectivity index (χ0v) is 10.8. The van der Waals surface area contributed by atoms with Gasteiger partial charge in [0.15, 0.2) is 11.5 Å². The van der Waals surface area contributed by atoms with Crippen molar-refractivity contribution in [2.75, 3.05) is 21.3 Å². The molecule has 98 valence electrons. The van der Waals surface area contributed by atoms with E-state index in [1.165, 1.54) is 34.5 Å². The molecule has 1 amide bonds. The van der Waals surface area contributed by atoms with Gasteiger partial charge in [-0.2, -0.15) is 5.10 Å². The number of rotatable bonds is 5. The molecule has 1 aromatic carbocycles. The molecule has 0 aliphatic rings. The fraction of sp³-hybridized carbons (Fsp3) is 0.333. The van der Waals surface area contributed by atoms with Crippen LogP contribution in [0.4, 0.5) is 0 Å². The van der Waals surface area contributed by atoms with Crippen LogP contribution in [0.5, 0.6) is 17.2 Å². The summed E-state index contributed by atoms with van der Waals surface area (Å²) >= 11 is 0. The van der Waals surface area contributed by atoms with Gasteiger partial charge in [0, 0.05) is 12.5 Å². The number of amides is 1. The monoisotopic (exact) mass is 252 g/mol. The first kappa shape index (κ1) is 13.8. The molecule has 0 atom stereocenters. The predicted octanol–water partition coefficient (Wildman–Crippen LogP) is 1.18. The van der Waals surface area contributed by atoms with Crippen LogP contribution in [0.3, 0.4) is 0 Å². The Morgan fingerprint density at radius 3 is 2.11 bits per heavy atom. The minimum absolute atomic E-state index is 0.237. The normalized spacial score (nSPS) is 10.2. The summed E-state index contributed by atoms with van der Waals surface area (Å²) in [7, 11) is 4.60. The van der Waals surface area contributed by atoms with Crippen molar-refractivity contribution in [1.82, 2.24) is 5.43 Å². The van der Waals surface area contributed by atoms with E-state index in [2.05, 4.69) is 10.5 Å². The second-order valence-electron chi connectivity index (χ2n) is 3.38. The van der Waals surface area contributed by atoms with E-state index in [1.54, 1.807) is 12.1 Å². The molecule has 0 aliphatic carbocycles. The molecule has 6 nitrogen and oxygen atoms in total. The van der Waals surface area contributed by atoms with E-state index in [1.807, 2.05) is 0 Å². The van der Waals surface area contributed by atoms with Crippen LogP contribution in [0, 0.1) is 0 Å². The Morgan fingerprint density at radius 2 is 1.72 bits per heavy atom. The van der Waals surface area contributed by atoms with Crippen LogP contribution in [0.2, 0.25) is 0 Å². The molecule has 1 rings (SSSR count). The van der Waals surface area contributed by atoms with Crippen molar-refractivity contribution >= 4 is 12.1 Å². The minimum Gasteiger partial charge on any atom is -0.493 e. The molecule has 18 heavy (non-hydrogen) atoms. The molecule has 0 fully saturated rings. The van der Waals surface area contributed by atoms with Gasteiger partial charge in [0.1, 0.15) is 0 Å². The number of hydrogen-bond donors (Lipinski definition) is 1. The first-order valence-electron chi connectivity index (χ1n) is 5.22. The lowest BCUT2D eigenvalue weighted by molar-refractivity contribution is -0.118. The highest BCUT2D eigenvalue weighted by molar-refractivity contribution is 5.83. The maximum absolute atomic E-state index is 10.7. The first-order valence-corrected chi connectivity index (χ1v) is 5.22. The number of benzene rings is 1. The Bertz CT molecular complexity index is 432. The molecular weight excluding hydrogens is 236 g/mol. The minimum atomic E-state index is -0.237. The second kappa shape index (κ2) is 6.48. The topological polar surface area (TPSA) is 69.2 Å². The molecular formula is C12H16N2O4. The standard InChI is InChI=1S/C12H16N2O4/c1-8(15)14-13-7-9-5-10(16-2)12(18-4)11(6-9)17-3/h5-7H,1-4H3,(H,14,15)/b13-7-. The smallest absolute Gasteiger partial charge is 0.236 e. The van der Waals surface area contributed by atoms with Crippen molar-refractivity contribution in [1.29, 1.82) is 0 Å². The van der Waals surface area contributed by atoms with Crippen molar-refractivity contribution in [3.63, 3.8) is 0 Å². The summed E-state index contributed by atoms with van der Waals surface area (Å²) in [5.41, 5.74) is 3.04. The summed E-state index contributed by atoms with van der Waals surface area (Å²) < 4.78 is 15.6. The van der Waals surface area contributed by atoms with Gasteiger partial charge >= 0.3 is 0 Å². The molecule has 0 saturated carbocycles. The summed E-state index contributed by atoms with van der Waals surface area (Å²) in [6.07, 6.45) is 1.49. The maximum Gasteiger partial charge on any atom is 0.236 e. The number of hydrogen-bond acceptors (Lipinski definition) is 5. The van der Waals surface area contributed by atoms with Gasteiger partial charge in [0.2, 0.25) is 11.7 Å². The third-order valence-corrected chi connectivity index (χ3v) is 2.12. The Morgan fingerprint density at radius 1 is 1.17 bits per heavy atom. The van der Waals surface area contributed by atoms with Gasteiger partial charge in [-0.1, -0.05) is 0 Å². The van der Waals surface area contributed by atoms with Crippen molar-refractivity contribution in [2.45, 2.75) is 6.92 Å². The van der Waals surface area contributed by atoms with Crippen LogP contribution in [-0.2, 0) is 4.79 Å². The van der Waals surface area contributed by atoms with E-state index in [4.69, 9.17) is 14.2 Å². The number of hydrazone groups is 1. The summed E-state index contributed by atoms with van der Waals surface area (Å²) in [6.45, 7) is 1.38. The van der Waals surface area contributed by atoms with Crippen LogP contribution in [0.25, 0.3) is 0 Å². The highest BCUT2D eigenvalue weighted by Crippen LogP contribution is 2.37. The summed E-state index contributed by atoms with van der Waals surface area (Å²) in [6, 6.07) is 3.46. The average molecular weight is 252 g/mol. The highest BCUT2D eigenvalue weighted by atomic mass is 16.5. The van der Waals surface area contributed by atoms with Gasteiger partial charge in [-0.3, -0.25) is 4.79 Å². The summed E-state index contributed by atoms with van der Waals surface area (Å²) in [5, 5.41) is 3.77. The molecule has 1 N–H and O–H groups in total. The van der Waals surface area contributed by atoms with Crippen LogP contribution >= 0.6 is 0 Å². The molecule has 6 heteroatoms. The fourth-order valence-corrected chi connectivity index (χ4v) is 1.37. The van der Waals surface area contributed by atoms with Crippen molar-refractivity contribution in [3.05, 3.63) is 17.7 Å². The lowest BCUT2D eigenvalue weighted by Crippen LogP contribution is -2.12. The number of methoxy groups -OCH3 is 3. The van der Waals surface area contributed by atoms with Crippen LogP contribution < -0.4 is 19.6 Å². The van der Waals surface area contributed by atoms with Gasteiger partial charge in [0.25, 0.3) is 0 Å². The molecule has 0 radical (unpaired) electrons. The third kappa shape index (κ3) is 3.38. The predicted molar refractivity (Wildman–Crippen MR) is 67.5 cm³/mol. The molecule has 0 spiro atoms. The zero-order valence-electron chi connectivity index (χ0n) is 10.8. The van der Waals surface area contributed by atoms with E-state index in [-0.39, 0.29) is 5.91 Å². The molecule has 0 aliphatic heterocycles. The average Bonchev–Trinajstić information content (AvgIpc) is 2.36. The van der Waals surface area contributed by atoms with Crippen molar-refractivity contribution in [2.24, 2.45) is 5.10 Å². The van der Waals surface area contributed by atoms with E-state index in [0.29, 0.717) is 17.2 Å². The Kier molecular flexibility index (Phi) is 4.98. The van der Waals surface area contributed by atoms with Gasteiger partial charge in [-0.15, -0.1) is 0 Å². The van der Waals surface area contributed by atoms with Gasteiger partial charge in [-0.05, 0) is 12.1 Å². The molecule has 0 saturated heterocycles. The van der Waals surface area contributed by atoms with E-state index in [9.17, 15) is 4.79 Å². The fourth-order valence-electron chi connectivity index (χ4n) is 1.37. The van der Waals surface area contributed by atoms with Crippen LogP contribution in [0.15, 0.2) is 17.2 Å². The van der Waals surface area contributed by atoms with Gasteiger partial charge < -0.3 is 14.2 Å². The zero-order chi connectivity index (χ0) is 13.5. The number of ether oxygens (including phenoxy) is 3. The van der Waals surface area contributed by atoms with Crippen LogP contribution in [0.1, 0.15) is 12.5 Å². The van der Waals surface area contributed by atoms with Crippen molar-refractivity contribution < 1.29 is 19.0 Å². The van der Waals surface area contributed by atoms with Gasteiger partial charge in [-0.25, -0.2) is 5.43 Å². The summed E-state index contributed by atoms with van der Waals surface area (Å²) in [4.78, 5) is 10.7. The van der Waals surface area contributed by atoms with Crippen molar-refractivity contribution in [3.8, 4) is 17.2 Å². The number of carbonyl (C=O) groups excluding carboxylic acids is 1. The molecule has 0 heterocycles. The maximum atomic E-state index is 10.7. The highest BCUT2D eigenvalue weighted by Gasteiger charge is 2.12. The molecule has 0 bridgehead atoms. The quantitative estimate of drug-likeness (QED) is 0.631. The van der Waals surface area contributed by atoms with Crippen LogP contribution in [-0.4, -0.2) is 33.5 Å². The second-order valence-corrected chi connectivity index (χ2v) is 3.38. The number of nitrogens with one attached hydrogen (secondary N) is 1. The van der Waals surface area contributed by atoms with E-state index < -0.39 is 0 Å². The number of nitrogens with zero attached hydrogens (tertiary/aromatic N) is 1. The molecule has 0 aromatic heterocycles. The lowest BCUT2D eigenvalue weighted by atomic mass is 10.2. The SMILES string of the molecule is COc1cc(/C=N\NC(C)=O)cc(OC)c1OC. The van der Waals surface area contributed by atoms with E-state index >= 15 is 0 Å². The Labute approximate surface area is 106 Å². The first-order chi connectivity index (χ1) is 8.62. The lowest BCUT2D eigenvalue weighted by Gasteiger charge is -2.12. The summed E-state index contributed by atoms with van der Waals surface area (Å²) in [5.74, 6) is 1.33. The van der Waals surface area contributed by atoms with Gasteiger partial charge in [0.05, 0.1) is 27.5 Å². The molecule has 1 aromatic rings. The Hall–Kier alpha value is -2.24. The number of carbonyl (C=O) groups is 1. The largest absolute Gasteiger partial charge is 0.493 e.